The van der Waals surface area contributed by atoms with Crippen LogP contribution in [0.5, 0.6) is 0 Å². The molecule has 2 N–H and O–H groups in total. The van der Waals surface area contributed by atoms with Crippen molar-refractivity contribution in [3.63, 3.8) is 0 Å². The molecule has 3 aromatic rings. The van der Waals surface area contributed by atoms with E-state index < -0.39 is 17.0 Å². The van der Waals surface area contributed by atoms with Gasteiger partial charge in [-0.25, -0.2) is 9.37 Å². The SMILES string of the molecule is CN(c1ccccc1Nc1nc(Nc2ccc(N3CCC(CC(=O)OC(C)(C)C)CC3)c(F)c2)ncc1Cl)[S+](C)[O-]. The Labute approximate surface area is 248 Å². The van der Waals surface area contributed by atoms with Gasteiger partial charge in [0, 0.05) is 25.2 Å². The minimum atomic E-state index is -1.22. The summed E-state index contributed by atoms with van der Waals surface area (Å²) in [6.07, 6.45) is 5.01. The second-order valence-electron chi connectivity index (χ2n) is 11.0. The van der Waals surface area contributed by atoms with Crippen molar-refractivity contribution >= 4 is 63.4 Å². The van der Waals surface area contributed by atoms with Crippen LogP contribution in [0.15, 0.2) is 48.7 Å². The number of nitrogens with zero attached hydrogens (tertiary/aromatic N) is 4. The molecule has 0 radical (unpaired) electrons. The highest BCUT2D eigenvalue weighted by Gasteiger charge is 2.26. The molecule has 12 heteroatoms. The molecule has 0 spiro atoms. The maximum Gasteiger partial charge on any atom is 0.306 e. The van der Waals surface area contributed by atoms with E-state index in [0.717, 1.165) is 12.8 Å². The molecule has 1 aliphatic rings. The lowest BCUT2D eigenvalue weighted by Gasteiger charge is -2.34. The van der Waals surface area contributed by atoms with Gasteiger partial charge in [-0.15, -0.1) is 0 Å². The molecule has 0 bridgehead atoms. The zero-order chi connectivity index (χ0) is 29.7. The van der Waals surface area contributed by atoms with E-state index in [1.165, 1.54) is 12.3 Å². The van der Waals surface area contributed by atoms with Crippen LogP contribution in [-0.2, 0) is 20.9 Å². The van der Waals surface area contributed by atoms with Crippen LogP contribution in [0.2, 0.25) is 5.02 Å². The number of carbonyl (C=O) groups is 1. The van der Waals surface area contributed by atoms with Crippen LogP contribution in [-0.4, -0.2) is 52.5 Å². The maximum absolute atomic E-state index is 15.2. The highest BCUT2D eigenvalue weighted by molar-refractivity contribution is 7.92. The van der Waals surface area contributed by atoms with Crippen molar-refractivity contribution in [1.82, 2.24) is 9.97 Å². The first-order valence-electron chi connectivity index (χ1n) is 13.4. The fourth-order valence-corrected chi connectivity index (χ4v) is 5.18. The Bertz CT molecular complexity index is 1360. The Morgan fingerprint density at radius 3 is 2.59 bits per heavy atom. The number of anilines is 6. The summed E-state index contributed by atoms with van der Waals surface area (Å²) >= 11 is 5.14. The van der Waals surface area contributed by atoms with E-state index in [1.807, 2.05) is 49.9 Å². The molecule has 2 heterocycles. The normalized spacial score (nSPS) is 14.9. The van der Waals surface area contributed by atoms with E-state index in [0.29, 0.717) is 53.1 Å². The van der Waals surface area contributed by atoms with E-state index in [9.17, 15) is 9.35 Å². The van der Waals surface area contributed by atoms with Gasteiger partial charge in [0.25, 0.3) is 0 Å². The lowest BCUT2D eigenvalue weighted by atomic mass is 9.93. The summed E-state index contributed by atoms with van der Waals surface area (Å²) in [5.74, 6) is 0.258. The predicted molar refractivity (Wildman–Crippen MR) is 164 cm³/mol. The molecule has 2 aromatic carbocycles. The molecule has 1 fully saturated rings. The van der Waals surface area contributed by atoms with Gasteiger partial charge in [0.2, 0.25) is 5.95 Å². The quantitative estimate of drug-likeness (QED) is 0.211. The van der Waals surface area contributed by atoms with Gasteiger partial charge in [0.05, 0.1) is 36.0 Å². The first kappa shape index (κ1) is 30.7. The number of rotatable bonds is 9. The fraction of sp³-hybridized carbons (Fsp3) is 0.414. The lowest BCUT2D eigenvalue weighted by molar-refractivity contribution is -0.156. The summed E-state index contributed by atoms with van der Waals surface area (Å²) in [6.45, 7) is 6.91. The molecule has 1 aliphatic heterocycles. The summed E-state index contributed by atoms with van der Waals surface area (Å²) in [6, 6.07) is 12.3. The van der Waals surface area contributed by atoms with E-state index >= 15 is 4.39 Å². The minimum Gasteiger partial charge on any atom is -0.593 e. The van der Waals surface area contributed by atoms with E-state index in [2.05, 4.69) is 20.6 Å². The van der Waals surface area contributed by atoms with Crippen LogP contribution in [0.1, 0.15) is 40.0 Å². The number of nitrogens with one attached hydrogen (secondary N) is 2. The van der Waals surface area contributed by atoms with Crippen molar-refractivity contribution < 1.29 is 18.5 Å². The number of piperidine rings is 1. The van der Waals surface area contributed by atoms with Crippen LogP contribution < -0.4 is 19.8 Å². The fourth-order valence-electron chi connectivity index (χ4n) is 4.60. The van der Waals surface area contributed by atoms with Crippen molar-refractivity contribution in [1.29, 1.82) is 0 Å². The minimum absolute atomic E-state index is 0.186. The molecule has 220 valence electrons. The van der Waals surface area contributed by atoms with Gasteiger partial charge in [-0.05, 0) is 69.9 Å². The summed E-state index contributed by atoms with van der Waals surface area (Å²) in [7, 11) is 1.73. The van der Waals surface area contributed by atoms with Crippen molar-refractivity contribution in [3.8, 4) is 0 Å². The zero-order valence-electron chi connectivity index (χ0n) is 23.9. The smallest absolute Gasteiger partial charge is 0.306 e. The number of esters is 1. The van der Waals surface area contributed by atoms with Crippen molar-refractivity contribution in [3.05, 3.63) is 59.5 Å². The number of hydrogen-bond donors (Lipinski definition) is 2. The van der Waals surface area contributed by atoms with Crippen LogP contribution in [0.3, 0.4) is 0 Å². The molecule has 1 aromatic heterocycles. The molecule has 1 atom stereocenters. The molecule has 41 heavy (non-hydrogen) atoms. The van der Waals surface area contributed by atoms with E-state index in [1.54, 1.807) is 29.7 Å². The summed E-state index contributed by atoms with van der Waals surface area (Å²) < 4.78 is 34.3. The first-order chi connectivity index (χ1) is 19.4. The topological polar surface area (TPSA) is 106 Å². The predicted octanol–water partition coefficient (Wildman–Crippen LogP) is 6.43. The van der Waals surface area contributed by atoms with Gasteiger partial charge in [-0.3, -0.25) is 4.79 Å². The van der Waals surface area contributed by atoms with Crippen molar-refractivity contribution in [2.24, 2.45) is 5.92 Å². The first-order valence-corrected chi connectivity index (χ1v) is 15.3. The van der Waals surface area contributed by atoms with Gasteiger partial charge in [-0.2, -0.15) is 9.29 Å². The number of ether oxygens (including phenoxy) is 1. The van der Waals surface area contributed by atoms with E-state index in [-0.39, 0.29) is 23.7 Å². The van der Waals surface area contributed by atoms with Crippen LogP contribution in [0, 0.1) is 11.7 Å². The largest absolute Gasteiger partial charge is 0.593 e. The Morgan fingerprint density at radius 1 is 1.22 bits per heavy atom. The van der Waals surface area contributed by atoms with E-state index in [4.69, 9.17) is 16.3 Å². The number of para-hydroxylation sites is 2. The Hall–Kier alpha value is -3.28. The average Bonchev–Trinajstić information content (AvgIpc) is 2.90. The van der Waals surface area contributed by atoms with Crippen molar-refractivity contribution in [2.75, 3.05) is 46.2 Å². The summed E-state index contributed by atoms with van der Waals surface area (Å²) in [4.78, 5) is 22.9. The summed E-state index contributed by atoms with van der Waals surface area (Å²) in [5.41, 5.74) is 1.89. The van der Waals surface area contributed by atoms with Gasteiger partial charge in [0.15, 0.2) is 5.82 Å². The summed E-state index contributed by atoms with van der Waals surface area (Å²) in [5, 5.41) is 6.52. The number of halogens is 2. The van der Waals surface area contributed by atoms with Crippen LogP contribution >= 0.6 is 11.6 Å². The Morgan fingerprint density at radius 2 is 1.93 bits per heavy atom. The number of carbonyl (C=O) groups excluding carboxylic acids is 1. The molecule has 1 unspecified atom stereocenters. The number of aromatic nitrogens is 2. The number of hydrogen-bond acceptors (Lipinski definition) is 9. The molecule has 0 saturated carbocycles. The van der Waals surface area contributed by atoms with Gasteiger partial charge in [0.1, 0.15) is 28.4 Å². The van der Waals surface area contributed by atoms with Crippen molar-refractivity contribution in [2.45, 2.75) is 45.6 Å². The Kier molecular flexibility index (Phi) is 9.83. The van der Waals surface area contributed by atoms with Gasteiger partial charge >= 0.3 is 5.97 Å². The molecule has 0 aliphatic carbocycles. The van der Waals surface area contributed by atoms with Gasteiger partial charge in [-0.1, -0.05) is 23.7 Å². The molecule has 4 rings (SSSR count). The molecule has 0 amide bonds. The Balaban J connectivity index is 1.40. The third-order valence-corrected chi connectivity index (χ3v) is 7.91. The standard InChI is InChI=1S/C29H36ClFN6O3S/c1-29(2,3)40-26(38)16-19-12-14-37(15-13-19)24-11-10-20(17-22(24)31)33-28-32-18-21(30)27(35-28)34-23-8-6-7-9-25(23)36(4)41(5)39/h6-11,17-19H,12-16H2,1-5H3,(H2,32,33,34,35). The molecule has 1 saturated heterocycles. The maximum atomic E-state index is 15.2. The van der Waals surface area contributed by atoms with Crippen LogP contribution in [0.25, 0.3) is 0 Å². The zero-order valence-corrected chi connectivity index (χ0v) is 25.5. The second kappa shape index (κ2) is 13.1. The monoisotopic (exact) mass is 602 g/mol. The third kappa shape index (κ3) is 8.37. The highest BCUT2D eigenvalue weighted by Crippen LogP contribution is 2.33. The molecule has 9 nitrogen and oxygen atoms in total. The second-order valence-corrected chi connectivity index (χ2v) is 12.8. The lowest BCUT2D eigenvalue weighted by Crippen LogP contribution is -2.35. The highest BCUT2D eigenvalue weighted by atomic mass is 35.5. The number of benzene rings is 2. The average molecular weight is 603 g/mol. The molecular formula is C29H36ClFN6O3S. The van der Waals surface area contributed by atoms with Crippen LogP contribution in [0.4, 0.5) is 38.9 Å². The van der Waals surface area contributed by atoms with Gasteiger partial charge < -0.3 is 24.8 Å². The molecular weight excluding hydrogens is 567 g/mol. The third-order valence-electron chi connectivity index (χ3n) is 6.66.